The van der Waals surface area contributed by atoms with Crippen LogP contribution in [0.5, 0.6) is 5.75 Å². The van der Waals surface area contributed by atoms with Gasteiger partial charge in [0, 0.05) is 23.7 Å². The summed E-state index contributed by atoms with van der Waals surface area (Å²) in [6, 6.07) is 8.38. The van der Waals surface area contributed by atoms with Gasteiger partial charge in [-0.15, -0.1) is 0 Å². The Hall–Kier alpha value is -1.48. The fourth-order valence-corrected chi connectivity index (χ4v) is 1.84. The van der Waals surface area contributed by atoms with E-state index in [1.807, 2.05) is 12.1 Å². The summed E-state index contributed by atoms with van der Waals surface area (Å²) < 4.78 is 0. The monoisotopic (exact) mass is 202 g/mol. The maximum atomic E-state index is 9.62. The third-order valence-electron chi connectivity index (χ3n) is 2.85. The van der Waals surface area contributed by atoms with Gasteiger partial charge in [-0.3, -0.25) is 0 Å². The highest BCUT2D eigenvalue weighted by Crippen LogP contribution is 2.25. The van der Waals surface area contributed by atoms with Crippen molar-refractivity contribution in [1.29, 1.82) is 0 Å². The van der Waals surface area contributed by atoms with Gasteiger partial charge in [0.25, 0.3) is 0 Å². The van der Waals surface area contributed by atoms with Crippen LogP contribution in [0.25, 0.3) is 10.9 Å². The van der Waals surface area contributed by atoms with E-state index < -0.39 is 0 Å². The molecule has 0 unspecified atom stereocenters. The molecule has 2 aromatic rings. The molecule has 15 heavy (non-hydrogen) atoms. The maximum Gasteiger partial charge on any atom is 0.139 e. The van der Waals surface area contributed by atoms with Crippen molar-refractivity contribution in [1.82, 2.24) is 10.3 Å². The molecule has 0 bridgehead atoms. The van der Waals surface area contributed by atoms with Gasteiger partial charge in [0.2, 0.25) is 0 Å². The van der Waals surface area contributed by atoms with Crippen LogP contribution in [0.3, 0.4) is 0 Å². The van der Waals surface area contributed by atoms with Crippen LogP contribution in [0.1, 0.15) is 18.5 Å². The standard InChI is InChI=1S/C12H14N2O/c15-11-3-1-2-8-6-10(14-12(8)11)7-13-9-4-5-9/h1-3,6,9,13-15H,4-5,7H2. The first-order valence-corrected chi connectivity index (χ1v) is 5.36. The fraction of sp³-hybridized carbons (Fsp3) is 0.333. The van der Waals surface area contributed by atoms with Crippen LogP contribution in [0.4, 0.5) is 0 Å². The second-order valence-electron chi connectivity index (χ2n) is 4.19. The third kappa shape index (κ3) is 1.70. The molecule has 1 fully saturated rings. The fourth-order valence-electron chi connectivity index (χ4n) is 1.84. The average molecular weight is 202 g/mol. The molecule has 1 aliphatic rings. The van der Waals surface area contributed by atoms with Gasteiger partial charge >= 0.3 is 0 Å². The molecule has 78 valence electrons. The molecule has 3 rings (SSSR count). The topological polar surface area (TPSA) is 48.0 Å². The molecule has 3 N–H and O–H groups in total. The summed E-state index contributed by atoms with van der Waals surface area (Å²) in [4.78, 5) is 3.23. The lowest BCUT2D eigenvalue weighted by Gasteiger charge is -1.98. The van der Waals surface area contributed by atoms with E-state index in [4.69, 9.17) is 0 Å². The number of nitrogens with one attached hydrogen (secondary N) is 2. The van der Waals surface area contributed by atoms with Crippen molar-refractivity contribution in [2.75, 3.05) is 0 Å². The molecule has 0 amide bonds. The van der Waals surface area contributed by atoms with E-state index in [0.717, 1.165) is 23.1 Å². The van der Waals surface area contributed by atoms with Gasteiger partial charge in [0.1, 0.15) is 5.75 Å². The van der Waals surface area contributed by atoms with Gasteiger partial charge in [0.15, 0.2) is 0 Å². The molecule has 0 atom stereocenters. The van der Waals surface area contributed by atoms with E-state index in [1.54, 1.807) is 6.07 Å². The zero-order valence-corrected chi connectivity index (χ0v) is 8.46. The molecule has 1 aromatic carbocycles. The van der Waals surface area contributed by atoms with Gasteiger partial charge in [-0.05, 0) is 25.0 Å². The first-order valence-electron chi connectivity index (χ1n) is 5.36. The number of phenols is 1. The predicted molar refractivity (Wildman–Crippen MR) is 59.8 cm³/mol. The van der Waals surface area contributed by atoms with Gasteiger partial charge < -0.3 is 15.4 Å². The Morgan fingerprint density at radius 2 is 2.27 bits per heavy atom. The Morgan fingerprint density at radius 1 is 1.40 bits per heavy atom. The van der Waals surface area contributed by atoms with Crippen LogP contribution in [0, 0.1) is 0 Å². The predicted octanol–water partition coefficient (Wildman–Crippen LogP) is 2.13. The summed E-state index contributed by atoms with van der Waals surface area (Å²) in [6.45, 7) is 0.860. The number of aromatic hydroxyl groups is 1. The third-order valence-corrected chi connectivity index (χ3v) is 2.85. The highest BCUT2D eigenvalue weighted by atomic mass is 16.3. The number of hydrogen-bond acceptors (Lipinski definition) is 2. The lowest BCUT2D eigenvalue weighted by atomic mass is 10.2. The van der Waals surface area contributed by atoms with Crippen LogP contribution < -0.4 is 5.32 Å². The van der Waals surface area contributed by atoms with Gasteiger partial charge in [-0.1, -0.05) is 12.1 Å². The number of rotatable bonds is 3. The Bertz CT molecular complexity index is 485. The number of benzene rings is 1. The Labute approximate surface area is 88.1 Å². The Balaban J connectivity index is 1.88. The van der Waals surface area contributed by atoms with E-state index in [9.17, 15) is 5.11 Å². The number of aromatic amines is 1. The summed E-state index contributed by atoms with van der Waals surface area (Å²) in [6.07, 6.45) is 2.59. The molecule has 0 aliphatic heterocycles. The molecule has 0 saturated heterocycles. The van der Waals surface area contributed by atoms with Crippen LogP contribution in [0.15, 0.2) is 24.3 Å². The number of fused-ring (bicyclic) bond motifs is 1. The molecule has 3 heteroatoms. The quantitative estimate of drug-likeness (QED) is 0.714. The first kappa shape index (κ1) is 8.80. The maximum absolute atomic E-state index is 9.62. The van der Waals surface area contributed by atoms with E-state index in [-0.39, 0.29) is 0 Å². The van der Waals surface area contributed by atoms with E-state index in [0.29, 0.717) is 11.8 Å². The Kier molecular flexibility index (Phi) is 1.92. The highest BCUT2D eigenvalue weighted by molar-refractivity contribution is 5.85. The van der Waals surface area contributed by atoms with Gasteiger partial charge in [-0.2, -0.15) is 0 Å². The van der Waals surface area contributed by atoms with Crippen molar-refractivity contribution < 1.29 is 5.11 Å². The van der Waals surface area contributed by atoms with Gasteiger partial charge in [0.05, 0.1) is 5.52 Å². The molecule has 0 spiro atoms. The van der Waals surface area contributed by atoms with Crippen LogP contribution in [0.2, 0.25) is 0 Å². The number of H-pyrrole nitrogens is 1. The molecule has 1 saturated carbocycles. The average Bonchev–Trinajstić information content (AvgIpc) is 2.95. The molecular weight excluding hydrogens is 188 g/mol. The summed E-state index contributed by atoms with van der Waals surface area (Å²) >= 11 is 0. The normalized spacial score (nSPS) is 16.0. The molecule has 1 aliphatic carbocycles. The lowest BCUT2D eigenvalue weighted by Crippen LogP contribution is -2.15. The van der Waals surface area contributed by atoms with E-state index in [1.165, 1.54) is 12.8 Å². The van der Waals surface area contributed by atoms with Crippen molar-refractivity contribution in [3.8, 4) is 5.75 Å². The molecule has 3 nitrogen and oxygen atoms in total. The SMILES string of the molecule is Oc1cccc2cc(CNC3CC3)[nH]c12. The minimum absolute atomic E-state index is 0.324. The lowest BCUT2D eigenvalue weighted by molar-refractivity contribution is 0.480. The summed E-state index contributed by atoms with van der Waals surface area (Å²) in [5, 5.41) is 14.1. The number of phenolic OH excluding ortho intramolecular Hbond substituents is 1. The minimum Gasteiger partial charge on any atom is -0.506 e. The summed E-state index contributed by atoms with van der Waals surface area (Å²) in [7, 11) is 0. The number of hydrogen-bond donors (Lipinski definition) is 3. The summed E-state index contributed by atoms with van der Waals surface area (Å²) in [5.74, 6) is 0.324. The molecule has 1 heterocycles. The van der Waals surface area contributed by atoms with Crippen LogP contribution >= 0.6 is 0 Å². The van der Waals surface area contributed by atoms with Crippen molar-refractivity contribution >= 4 is 10.9 Å². The molecule has 1 aromatic heterocycles. The summed E-state index contributed by atoms with van der Waals surface area (Å²) in [5.41, 5.74) is 1.98. The zero-order valence-electron chi connectivity index (χ0n) is 8.46. The first-order chi connectivity index (χ1) is 7.33. The second-order valence-corrected chi connectivity index (χ2v) is 4.19. The van der Waals surface area contributed by atoms with Crippen LogP contribution in [-0.4, -0.2) is 16.1 Å². The molecular formula is C12H14N2O. The van der Waals surface area contributed by atoms with E-state index in [2.05, 4.69) is 16.4 Å². The smallest absolute Gasteiger partial charge is 0.139 e. The van der Waals surface area contributed by atoms with E-state index >= 15 is 0 Å². The van der Waals surface area contributed by atoms with Crippen molar-refractivity contribution in [3.05, 3.63) is 30.0 Å². The highest BCUT2D eigenvalue weighted by Gasteiger charge is 2.20. The van der Waals surface area contributed by atoms with Crippen LogP contribution in [-0.2, 0) is 6.54 Å². The molecule has 0 radical (unpaired) electrons. The minimum atomic E-state index is 0.324. The zero-order chi connectivity index (χ0) is 10.3. The van der Waals surface area contributed by atoms with Crippen molar-refractivity contribution in [3.63, 3.8) is 0 Å². The second kappa shape index (κ2) is 3.28. The largest absolute Gasteiger partial charge is 0.506 e. The van der Waals surface area contributed by atoms with Crippen molar-refractivity contribution in [2.45, 2.75) is 25.4 Å². The van der Waals surface area contributed by atoms with Crippen molar-refractivity contribution in [2.24, 2.45) is 0 Å². The number of para-hydroxylation sites is 1. The number of aromatic nitrogens is 1. The Morgan fingerprint density at radius 3 is 3.00 bits per heavy atom. The van der Waals surface area contributed by atoms with Gasteiger partial charge in [-0.25, -0.2) is 0 Å².